The summed E-state index contributed by atoms with van der Waals surface area (Å²) in [5.74, 6) is 0.841. The van der Waals surface area contributed by atoms with Crippen molar-refractivity contribution in [2.24, 2.45) is 15.2 Å². The molecule has 8 heteroatoms. The number of thiophene rings is 1. The Morgan fingerprint density at radius 2 is 2.03 bits per heavy atom. The minimum atomic E-state index is -0.250. The van der Waals surface area contributed by atoms with Crippen LogP contribution in [0.2, 0.25) is 5.02 Å². The molecule has 0 unspecified atom stereocenters. The van der Waals surface area contributed by atoms with Crippen LogP contribution in [0.4, 0.5) is 5.00 Å². The first kappa shape index (κ1) is 22.8. The largest absolute Gasteiger partial charge is 0.483 e. The highest BCUT2D eigenvalue weighted by Gasteiger charge is 2.29. The van der Waals surface area contributed by atoms with Gasteiger partial charge in [0.2, 0.25) is 0 Å². The maximum absolute atomic E-state index is 8.36. The standard InChI is InChI=1S/C20H23ClN4S.CH2O2/c1-6-17-11-25(14(4)24-22-5)20-18(12(2)13(3)26-20)19(23-17)15-7-9-16(21)10-8-15;2-1-3/h7-10,17H,5-6,11H2,1-4H3;1H,(H,2,3)/b24-14-;/t17-;/m0./s1. The maximum Gasteiger partial charge on any atom is 0.290 e. The van der Waals surface area contributed by atoms with Crippen molar-refractivity contribution >= 4 is 52.7 Å². The molecule has 6 nitrogen and oxygen atoms in total. The highest BCUT2D eigenvalue weighted by atomic mass is 35.5. The molecule has 1 aliphatic rings. The van der Waals surface area contributed by atoms with Crippen LogP contribution in [0.1, 0.15) is 41.8 Å². The Hall–Kier alpha value is -2.51. The van der Waals surface area contributed by atoms with Crippen LogP contribution in [0.3, 0.4) is 0 Å². The number of amidine groups is 1. The molecule has 0 spiro atoms. The molecule has 1 N–H and O–H groups in total. The van der Waals surface area contributed by atoms with Crippen LogP contribution in [0, 0.1) is 13.8 Å². The van der Waals surface area contributed by atoms with Gasteiger partial charge in [0.1, 0.15) is 10.8 Å². The Morgan fingerprint density at radius 1 is 1.41 bits per heavy atom. The van der Waals surface area contributed by atoms with Crippen LogP contribution in [0.5, 0.6) is 0 Å². The summed E-state index contributed by atoms with van der Waals surface area (Å²) in [7, 11) is 0. The number of anilines is 1. The van der Waals surface area contributed by atoms with E-state index in [1.807, 2.05) is 31.2 Å². The Kier molecular flexibility index (Phi) is 8.10. The predicted molar refractivity (Wildman–Crippen MR) is 124 cm³/mol. The number of aryl methyl sites for hydroxylation is 1. The predicted octanol–water partition coefficient (Wildman–Crippen LogP) is 5.19. The molecule has 2 heterocycles. The topological polar surface area (TPSA) is 77.6 Å². The minimum Gasteiger partial charge on any atom is -0.483 e. The molecule has 0 radical (unpaired) electrons. The van der Waals surface area contributed by atoms with E-state index in [-0.39, 0.29) is 12.5 Å². The number of carboxylic acid groups (broad SMARTS) is 1. The number of hydrogen-bond acceptors (Lipinski definition) is 5. The molecule has 0 saturated heterocycles. The number of hydrogen-bond donors (Lipinski definition) is 1. The second-order valence-electron chi connectivity index (χ2n) is 6.51. The summed E-state index contributed by atoms with van der Waals surface area (Å²) >= 11 is 7.88. The summed E-state index contributed by atoms with van der Waals surface area (Å²) in [4.78, 5) is 17.0. The van der Waals surface area contributed by atoms with Crippen molar-refractivity contribution in [3.05, 3.63) is 50.9 Å². The van der Waals surface area contributed by atoms with Crippen LogP contribution in [0.15, 0.2) is 39.5 Å². The molecule has 3 rings (SSSR count). The SMILES string of the molecule is C=N/N=C(/C)N1C[C@H](CC)N=C(c2ccc(Cl)cc2)c2c1sc(C)c2C.O=CO. The van der Waals surface area contributed by atoms with Gasteiger partial charge in [-0.15, -0.1) is 16.4 Å². The summed E-state index contributed by atoms with van der Waals surface area (Å²) in [5.41, 5.74) is 4.57. The zero-order valence-electron chi connectivity index (χ0n) is 17.0. The molecular formula is C21H25ClN4O2S. The second kappa shape index (κ2) is 10.3. The molecule has 1 atom stereocenters. The van der Waals surface area contributed by atoms with E-state index < -0.39 is 0 Å². The van der Waals surface area contributed by atoms with E-state index in [1.165, 1.54) is 21.0 Å². The lowest BCUT2D eigenvalue weighted by Gasteiger charge is -2.23. The quantitative estimate of drug-likeness (QED) is 0.314. The molecule has 0 bridgehead atoms. The molecule has 1 aromatic carbocycles. The Balaban J connectivity index is 0.000000941. The van der Waals surface area contributed by atoms with Crippen LogP contribution < -0.4 is 4.90 Å². The molecular weight excluding hydrogens is 408 g/mol. The number of fused-ring (bicyclic) bond motifs is 1. The van der Waals surface area contributed by atoms with Crippen molar-refractivity contribution in [3.63, 3.8) is 0 Å². The molecule has 1 aliphatic heterocycles. The molecule has 0 amide bonds. The number of nitrogens with zero attached hydrogens (tertiary/aromatic N) is 4. The number of benzene rings is 1. The first-order chi connectivity index (χ1) is 13.9. The maximum atomic E-state index is 8.36. The summed E-state index contributed by atoms with van der Waals surface area (Å²) in [5, 5.41) is 16.7. The van der Waals surface area contributed by atoms with Gasteiger partial charge in [0.15, 0.2) is 0 Å². The fraction of sp³-hybridized carbons (Fsp3) is 0.333. The first-order valence-corrected chi connectivity index (χ1v) is 10.4. The van der Waals surface area contributed by atoms with Crippen molar-refractivity contribution in [2.75, 3.05) is 11.4 Å². The summed E-state index contributed by atoms with van der Waals surface area (Å²) in [6, 6.07) is 8.12. The van der Waals surface area contributed by atoms with Gasteiger partial charge in [-0.05, 0) is 44.9 Å². The molecule has 29 heavy (non-hydrogen) atoms. The third-order valence-electron chi connectivity index (χ3n) is 4.75. The van der Waals surface area contributed by atoms with E-state index in [1.54, 1.807) is 11.3 Å². The second-order valence-corrected chi connectivity index (χ2v) is 8.15. The van der Waals surface area contributed by atoms with E-state index >= 15 is 0 Å². The highest BCUT2D eigenvalue weighted by molar-refractivity contribution is 7.17. The Morgan fingerprint density at radius 3 is 2.59 bits per heavy atom. The summed E-state index contributed by atoms with van der Waals surface area (Å²) in [6.07, 6.45) is 0.954. The van der Waals surface area contributed by atoms with Gasteiger partial charge < -0.3 is 10.0 Å². The Labute approximate surface area is 180 Å². The van der Waals surface area contributed by atoms with Crippen molar-refractivity contribution in [3.8, 4) is 0 Å². The molecule has 2 aromatic rings. The van der Waals surface area contributed by atoms with E-state index in [2.05, 4.69) is 42.6 Å². The van der Waals surface area contributed by atoms with Crippen LogP contribution in [-0.4, -0.2) is 42.4 Å². The average molecular weight is 433 g/mol. The highest BCUT2D eigenvalue weighted by Crippen LogP contribution is 2.39. The van der Waals surface area contributed by atoms with Crippen LogP contribution in [-0.2, 0) is 4.79 Å². The average Bonchev–Trinajstić information content (AvgIpc) is 2.88. The van der Waals surface area contributed by atoms with Crippen molar-refractivity contribution < 1.29 is 9.90 Å². The first-order valence-electron chi connectivity index (χ1n) is 9.17. The van der Waals surface area contributed by atoms with Gasteiger partial charge in [0, 0.05) is 34.3 Å². The number of rotatable bonds is 3. The number of halogens is 1. The number of carbonyl (C=O) groups is 1. The molecule has 1 aromatic heterocycles. The van der Waals surface area contributed by atoms with Crippen molar-refractivity contribution in [1.82, 2.24) is 0 Å². The van der Waals surface area contributed by atoms with Gasteiger partial charge >= 0.3 is 0 Å². The van der Waals surface area contributed by atoms with Crippen LogP contribution >= 0.6 is 22.9 Å². The van der Waals surface area contributed by atoms with Gasteiger partial charge in [-0.2, -0.15) is 5.10 Å². The van der Waals surface area contributed by atoms with Gasteiger partial charge in [-0.3, -0.25) is 9.79 Å². The zero-order valence-corrected chi connectivity index (χ0v) is 18.6. The minimum absolute atomic E-state index is 0.176. The monoisotopic (exact) mass is 432 g/mol. The zero-order chi connectivity index (χ0) is 21.6. The van der Waals surface area contributed by atoms with E-state index in [9.17, 15) is 0 Å². The fourth-order valence-electron chi connectivity index (χ4n) is 3.14. The van der Waals surface area contributed by atoms with Gasteiger partial charge in [0.25, 0.3) is 6.47 Å². The molecule has 154 valence electrons. The third-order valence-corrected chi connectivity index (χ3v) is 6.23. The Bertz CT molecular complexity index is 935. The number of aliphatic imine (C=N–C) groups is 1. The van der Waals surface area contributed by atoms with Crippen molar-refractivity contribution in [2.45, 2.75) is 40.2 Å². The summed E-state index contributed by atoms with van der Waals surface area (Å²) < 4.78 is 0. The van der Waals surface area contributed by atoms with Crippen molar-refractivity contribution in [1.29, 1.82) is 0 Å². The molecule has 0 aliphatic carbocycles. The van der Waals surface area contributed by atoms with Crippen LogP contribution in [0.25, 0.3) is 0 Å². The third kappa shape index (κ3) is 5.10. The molecule has 0 saturated carbocycles. The smallest absolute Gasteiger partial charge is 0.290 e. The van der Waals surface area contributed by atoms with E-state index in [0.717, 1.165) is 35.1 Å². The summed E-state index contributed by atoms with van der Waals surface area (Å²) in [6.45, 7) is 12.5. The lowest BCUT2D eigenvalue weighted by Crippen LogP contribution is -2.34. The van der Waals surface area contributed by atoms with Gasteiger partial charge in [0.05, 0.1) is 11.8 Å². The van der Waals surface area contributed by atoms with E-state index in [4.69, 9.17) is 26.5 Å². The lowest BCUT2D eigenvalue weighted by atomic mass is 10.00. The van der Waals surface area contributed by atoms with Gasteiger partial charge in [-0.1, -0.05) is 30.7 Å². The molecule has 0 fully saturated rings. The fourth-order valence-corrected chi connectivity index (χ4v) is 4.48. The normalized spacial score (nSPS) is 16.2. The van der Waals surface area contributed by atoms with Gasteiger partial charge in [-0.25, -0.2) is 0 Å². The lowest BCUT2D eigenvalue weighted by molar-refractivity contribution is -0.122. The van der Waals surface area contributed by atoms with E-state index in [0.29, 0.717) is 0 Å².